The van der Waals surface area contributed by atoms with Gasteiger partial charge in [-0.15, -0.1) is 0 Å². The van der Waals surface area contributed by atoms with Gasteiger partial charge < -0.3 is 14.9 Å². The maximum Gasteiger partial charge on any atom is 0.329 e. The molecule has 0 saturated carbocycles. The van der Waals surface area contributed by atoms with Crippen LogP contribution in [0.4, 0.5) is 0 Å². The molecule has 168 valence electrons. The van der Waals surface area contributed by atoms with E-state index in [2.05, 4.69) is 27.0 Å². The Morgan fingerprint density at radius 1 is 0.848 bits per heavy atom. The zero-order valence-corrected chi connectivity index (χ0v) is 18.2. The summed E-state index contributed by atoms with van der Waals surface area (Å²) in [6, 6.07) is 19.7. The Labute approximate surface area is 190 Å². The predicted octanol–water partition coefficient (Wildman–Crippen LogP) is 2.03. The highest BCUT2D eigenvalue weighted by atomic mass is 16.2. The van der Waals surface area contributed by atoms with E-state index in [1.165, 1.54) is 5.56 Å². The van der Waals surface area contributed by atoms with Crippen LogP contribution < -0.4 is 11.2 Å². The third-order valence-electron chi connectivity index (χ3n) is 6.17. The first-order chi connectivity index (χ1) is 16.1. The minimum absolute atomic E-state index is 0.226. The molecule has 2 N–H and O–H groups in total. The van der Waals surface area contributed by atoms with Gasteiger partial charge in [-0.2, -0.15) is 0 Å². The highest BCUT2D eigenvalue weighted by Gasteiger charge is 2.23. The van der Waals surface area contributed by atoms with Gasteiger partial charge >= 0.3 is 5.69 Å². The lowest BCUT2D eigenvalue weighted by Gasteiger charge is -2.34. The van der Waals surface area contributed by atoms with Crippen molar-refractivity contribution in [3.05, 3.63) is 93.3 Å². The number of aromatic amines is 2. The SMILES string of the molecule is O=C(Cn1c(=O)[nH]c2c(-c3ccccc3)c[nH]c2c1=O)N1CCN(Cc2ccccc2)CC1. The summed E-state index contributed by atoms with van der Waals surface area (Å²) < 4.78 is 0.978. The molecule has 1 fully saturated rings. The van der Waals surface area contributed by atoms with Gasteiger partial charge in [-0.25, -0.2) is 9.36 Å². The maximum absolute atomic E-state index is 13.0. The monoisotopic (exact) mass is 443 g/mol. The van der Waals surface area contributed by atoms with E-state index in [4.69, 9.17) is 0 Å². The van der Waals surface area contributed by atoms with Crippen LogP contribution in [-0.2, 0) is 17.9 Å². The first-order valence-electron chi connectivity index (χ1n) is 11.0. The molecule has 0 radical (unpaired) electrons. The van der Waals surface area contributed by atoms with Gasteiger partial charge in [-0.05, 0) is 11.1 Å². The van der Waals surface area contributed by atoms with Crippen molar-refractivity contribution in [1.82, 2.24) is 24.3 Å². The number of carbonyl (C=O) groups excluding carboxylic acids is 1. The van der Waals surface area contributed by atoms with E-state index in [1.807, 2.05) is 48.5 Å². The van der Waals surface area contributed by atoms with Crippen LogP contribution in [-0.4, -0.2) is 56.4 Å². The molecule has 1 saturated heterocycles. The van der Waals surface area contributed by atoms with Crippen LogP contribution >= 0.6 is 0 Å². The van der Waals surface area contributed by atoms with Crippen molar-refractivity contribution in [3.8, 4) is 11.1 Å². The van der Waals surface area contributed by atoms with Crippen LogP contribution in [0, 0.1) is 0 Å². The number of hydrogen-bond acceptors (Lipinski definition) is 4. The van der Waals surface area contributed by atoms with Crippen LogP contribution in [0.2, 0.25) is 0 Å². The van der Waals surface area contributed by atoms with Gasteiger partial charge in [-0.1, -0.05) is 60.7 Å². The van der Waals surface area contributed by atoms with Crippen LogP contribution in [0.15, 0.2) is 76.4 Å². The highest BCUT2D eigenvalue weighted by molar-refractivity contribution is 5.91. The number of amides is 1. The van der Waals surface area contributed by atoms with E-state index in [-0.39, 0.29) is 18.0 Å². The molecule has 3 heterocycles. The van der Waals surface area contributed by atoms with E-state index < -0.39 is 11.2 Å². The first-order valence-corrected chi connectivity index (χ1v) is 11.0. The smallest absolute Gasteiger partial charge is 0.329 e. The molecule has 5 rings (SSSR count). The van der Waals surface area contributed by atoms with Crippen molar-refractivity contribution in [1.29, 1.82) is 0 Å². The maximum atomic E-state index is 13.0. The quantitative estimate of drug-likeness (QED) is 0.494. The second-order valence-corrected chi connectivity index (χ2v) is 8.28. The van der Waals surface area contributed by atoms with Gasteiger partial charge in [0.1, 0.15) is 12.1 Å². The summed E-state index contributed by atoms with van der Waals surface area (Å²) >= 11 is 0. The largest absolute Gasteiger partial charge is 0.355 e. The molecule has 0 unspecified atom stereocenters. The fourth-order valence-electron chi connectivity index (χ4n) is 4.34. The van der Waals surface area contributed by atoms with E-state index in [1.54, 1.807) is 11.1 Å². The molecule has 4 aromatic rings. The molecule has 0 atom stereocenters. The van der Waals surface area contributed by atoms with Gasteiger partial charge in [0, 0.05) is 44.5 Å². The molecule has 8 nitrogen and oxygen atoms in total. The molecule has 8 heteroatoms. The zero-order valence-electron chi connectivity index (χ0n) is 18.2. The third kappa shape index (κ3) is 4.25. The highest BCUT2D eigenvalue weighted by Crippen LogP contribution is 2.24. The minimum Gasteiger partial charge on any atom is -0.355 e. The van der Waals surface area contributed by atoms with E-state index in [0.717, 1.165) is 35.3 Å². The number of rotatable bonds is 5. The van der Waals surface area contributed by atoms with Gasteiger partial charge in [0.25, 0.3) is 5.56 Å². The standard InChI is InChI=1S/C25H25N5O3/c31-21(29-13-11-28(12-14-29)16-18-7-3-1-4-8-18)17-30-24(32)23-22(27-25(30)33)20(15-26-23)19-9-5-2-6-10-19/h1-10,15,26H,11-14,16-17H2,(H,27,33). The van der Waals surface area contributed by atoms with Gasteiger partial charge in [-0.3, -0.25) is 14.5 Å². The lowest BCUT2D eigenvalue weighted by molar-refractivity contribution is -0.133. The fourth-order valence-corrected chi connectivity index (χ4v) is 4.34. The number of hydrogen-bond donors (Lipinski definition) is 2. The molecule has 1 amide bonds. The Balaban J connectivity index is 1.30. The molecule has 0 aliphatic carbocycles. The number of fused-ring (bicyclic) bond motifs is 1. The topological polar surface area (TPSA) is 94.2 Å². The lowest BCUT2D eigenvalue weighted by Crippen LogP contribution is -2.50. The van der Waals surface area contributed by atoms with Gasteiger partial charge in [0.15, 0.2) is 0 Å². The van der Waals surface area contributed by atoms with E-state index in [9.17, 15) is 14.4 Å². The van der Waals surface area contributed by atoms with Crippen LogP contribution in [0.1, 0.15) is 5.56 Å². The lowest BCUT2D eigenvalue weighted by atomic mass is 10.1. The van der Waals surface area contributed by atoms with Crippen LogP contribution in [0.25, 0.3) is 22.2 Å². The van der Waals surface area contributed by atoms with Crippen molar-refractivity contribution < 1.29 is 4.79 Å². The average molecular weight is 444 g/mol. The number of piperazine rings is 1. The molecular formula is C25H25N5O3. The third-order valence-corrected chi connectivity index (χ3v) is 6.17. The van der Waals surface area contributed by atoms with Crippen molar-refractivity contribution >= 4 is 16.9 Å². The van der Waals surface area contributed by atoms with Crippen molar-refractivity contribution in [2.45, 2.75) is 13.1 Å². The summed E-state index contributed by atoms with van der Waals surface area (Å²) in [6.45, 7) is 3.21. The summed E-state index contributed by atoms with van der Waals surface area (Å²) in [6.07, 6.45) is 1.70. The summed E-state index contributed by atoms with van der Waals surface area (Å²) in [5.74, 6) is -0.226. The molecule has 0 bridgehead atoms. The van der Waals surface area contributed by atoms with Crippen molar-refractivity contribution in [2.75, 3.05) is 26.2 Å². The van der Waals surface area contributed by atoms with Crippen molar-refractivity contribution in [2.24, 2.45) is 0 Å². The number of H-pyrrole nitrogens is 2. The van der Waals surface area contributed by atoms with Crippen molar-refractivity contribution in [3.63, 3.8) is 0 Å². The molecule has 2 aromatic carbocycles. The van der Waals surface area contributed by atoms with Crippen LogP contribution in [0.5, 0.6) is 0 Å². The summed E-state index contributed by atoms with van der Waals surface area (Å²) in [4.78, 5) is 48.4. The molecule has 1 aliphatic heterocycles. The second-order valence-electron chi connectivity index (χ2n) is 8.28. The van der Waals surface area contributed by atoms with Gasteiger partial charge in [0.2, 0.25) is 5.91 Å². The Morgan fingerprint density at radius 3 is 2.21 bits per heavy atom. The van der Waals surface area contributed by atoms with Crippen LogP contribution in [0.3, 0.4) is 0 Å². The second kappa shape index (κ2) is 8.91. The summed E-state index contributed by atoms with van der Waals surface area (Å²) in [7, 11) is 0. The Kier molecular flexibility index (Phi) is 5.66. The average Bonchev–Trinajstić information content (AvgIpc) is 3.27. The van der Waals surface area contributed by atoms with E-state index in [0.29, 0.717) is 18.6 Å². The molecule has 33 heavy (non-hydrogen) atoms. The normalized spacial score (nSPS) is 14.6. The number of carbonyl (C=O) groups is 1. The molecule has 0 spiro atoms. The predicted molar refractivity (Wildman–Crippen MR) is 127 cm³/mol. The number of nitrogens with one attached hydrogen (secondary N) is 2. The molecular weight excluding hydrogens is 418 g/mol. The minimum atomic E-state index is -0.583. The number of nitrogens with zero attached hydrogens (tertiary/aromatic N) is 3. The van der Waals surface area contributed by atoms with Gasteiger partial charge in [0.05, 0.1) is 5.52 Å². The zero-order chi connectivity index (χ0) is 22.8. The Morgan fingerprint density at radius 2 is 1.52 bits per heavy atom. The number of aromatic nitrogens is 3. The summed E-state index contributed by atoms with van der Waals surface area (Å²) in [5, 5.41) is 0. The molecule has 2 aromatic heterocycles. The Hall–Kier alpha value is -3.91. The first kappa shape index (κ1) is 21.0. The fraction of sp³-hybridized carbons (Fsp3) is 0.240. The summed E-state index contributed by atoms with van der Waals surface area (Å²) in [5.41, 5.74) is 2.54. The molecule has 1 aliphatic rings. The number of benzene rings is 2. The van der Waals surface area contributed by atoms with E-state index >= 15 is 0 Å². The Bertz CT molecular complexity index is 1380.